The molecule has 0 aromatic carbocycles. The van der Waals surface area contributed by atoms with Gasteiger partial charge in [-0.1, -0.05) is 12.2 Å². The number of ether oxygens (including phenoxy) is 3. The van der Waals surface area contributed by atoms with E-state index in [9.17, 15) is 33.9 Å². The van der Waals surface area contributed by atoms with E-state index in [-0.39, 0.29) is 93.7 Å². The third kappa shape index (κ3) is 15.7. The van der Waals surface area contributed by atoms with E-state index in [2.05, 4.69) is 66.2 Å². The molecule has 1 aromatic rings. The zero-order valence-corrected chi connectivity index (χ0v) is 54.4. The van der Waals surface area contributed by atoms with Crippen molar-refractivity contribution in [3.63, 3.8) is 0 Å². The molecule has 3 radical (unpaired) electrons. The van der Waals surface area contributed by atoms with Crippen LogP contribution in [-0.4, -0.2) is 226 Å². The smallest absolute Gasteiger partial charge is 1.00 e. The summed E-state index contributed by atoms with van der Waals surface area (Å²) in [6.07, 6.45) is 22.9. The van der Waals surface area contributed by atoms with E-state index in [1.54, 1.807) is 17.4 Å². The van der Waals surface area contributed by atoms with Gasteiger partial charge in [0.05, 0.1) is 56.1 Å². The number of aliphatic hydroxyl groups excluding tert-OH is 1. The number of hydrogen-bond donors (Lipinski definition) is 3. The SMILES string of the molecule is CN1C2CC[C@@H]1CC=C2C(=O)O.CN1C2CC[C@@H]1CCC2=O.CN1C2CC[C@@H]1Cc1sc(N)c(C#N)c12.COC(=O)C1=CC[C@H]2CCC1N2C.COC(=O)C1C(=O)C[C@H]2CCC1N2C.COC(=O)C1C(O)C[C@H]2CCC1N2C.[B].[C-]#[N+]CC#N.[H-].[Na+]. The number of Topliss-reactive ketones (excluding diaryl/α,β-unsaturated/α-hetero) is 2. The van der Waals surface area contributed by atoms with Crippen molar-refractivity contribution >= 4 is 60.2 Å². The van der Waals surface area contributed by atoms with Gasteiger partial charge in [-0.15, -0.1) is 11.3 Å². The van der Waals surface area contributed by atoms with Crippen molar-refractivity contribution < 1.29 is 84.2 Å². The van der Waals surface area contributed by atoms with Crippen molar-refractivity contribution in [1.82, 2.24) is 29.4 Å². The summed E-state index contributed by atoms with van der Waals surface area (Å²) >= 11 is 1.62. The number of carbonyl (C=O) groups excluding carboxylic acids is 5. The van der Waals surface area contributed by atoms with Crippen molar-refractivity contribution in [2.45, 2.75) is 201 Å². The van der Waals surface area contributed by atoms with Gasteiger partial charge in [0.15, 0.2) is 0 Å². The Labute approximate surface area is 532 Å². The molecule has 24 heteroatoms. The predicted octanol–water partition coefficient (Wildman–Crippen LogP) is 1.90. The normalized spacial score (nSPS) is 33.2. The molecule has 9 unspecified atom stereocenters. The predicted molar refractivity (Wildman–Crippen MR) is 318 cm³/mol. The molecule has 0 saturated carbocycles. The maximum Gasteiger partial charge on any atom is 1.00 e. The summed E-state index contributed by atoms with van der Waals surface area (Å²) in [6.45, 7) is 5.99. The summed E-state index contributed by atoms with van der Waals surface area (Å²) < 4.78 is 14.2. The third-order valence-electron chi connectivity index (χ3n) is 20.4. The van der Waals surface area contributed by atoms with E-state index < -0.39 is 18.0 Å². The molecule has 12 aliphatic rings. The Morgan fingerprint density at radius 3 is 1.74 bits per heavy atom. The van der Waals surface area contributed by atoms with Crippen LogP contribution in [0.4, 0.5) is 5.00 Å². The minimum atomic E-state index is -0.743. The number of rotatable bonds is 4. The van der Waals surface area contributed by atoms with Gasteiger partial charge >= 0.3 is 53.4 Å². The van der Waals surface area contributed by atoms with Gasteiger partial charge in [-0.25, -0.2) is 16.2 Å². The van der Waals surface area contributed by atoms with Crippen molar-refractivity contribution in [1.29, 1.82) is 10.5 Å². The number of nitrogens with zero attached hydrogens (tertiary/aromatic N) is 9. The molecule has 12 bridgehead atoms. The van der Waals surface area contributed by atoms with Crippen molar-refractivity contribution in [2.24, 2.45) is 11.8 Å². The average molecular weight is 1200 g/mol. The fourth-order valence-corrected chi connectivity index (χ4v) is 16.6. The Balaban J connectivity index is 0.000000217. The topological polar surface area (TPSA) is 268 Å². The minimum absolute atomic E-state index is 0. The molecule has 459 valence electrons. The number of thiophene rings is 1. The van der Waals surface area contributed by atoms with Crippen molar-refractivity contribution in [3.8, 4) is 12.1 Å². The van der Waals surface area contributed by atoms with Gasteiger partial charge in [-0.3, -0.25) is 48.6 Å². The molecule has 0 aliphatic carbocycles. The second-order valence-corrected chi connectivity index (χ2v) is 25.3. The molecule has 1 aromatic heterocycles. The van der Waals surface area contributed by atoms with Crippen LogP contribution in [0.3, 0.4) is 0 Å². The molecule has 13 heterocycles. The van der Waals surface area contributed by atoms with E-state index in [0.717, 1.165) is 101 Å². The number of likely N-dealkylation sites (N-methyl/N-ethyl adjacent to an activating group) is 4. The van der Waals surface area contributed by atoms with E-state index >= 15 is 0 Å². The van der Waals surface area contributed by atoms with Gasteiger partial charge in [-0.05, 0) is 151 Å². The largest absolute Gasteiger partial charge is 1.00 e. The zero-order valence-electron chi connectivity index (χ0n) is 52.6. The summed E-state index contributed by atoms with van der Waals surface area (Å²) in [4.78, 5) is 85.6. The van der Waals surface area contributed by atoms with Gasteiger partial charge in [0, 0.05) is 98.2 Å². The van der Waals surface area contributed by atoms with Crippen LogP contribution in [0.25, 0.3) is 4.85 Å². The number of ketones is 2. The number of fused-ring (bicyclic) bond motifs is 14. The quantitative estimate of drug-likeness (QED) is 0.0971. The fraction of sp³-hybridized carbons (Fsp3) is 0.721. The first-order chi connectivity index (χ1) is 39.7. The molecule has 9 saturated heterocycles. The summed E-state index contributed by atoms with van der Waals surface area (Å²) in [7, 11) is 16.6. The number of aliphatic carboxylic acids is 1. The number of carbonyl (C=O) groups is 6. The number of nitrogens with two attached hydrogens (primary N) is 1. The minimum Gasteiger partial charge on any atom is -1.00 e. The molecule has 0 amide bonds. The maximum atomic E-state index is 11.7. The first-order valence-corrected chi connectivity index (χ1v) is 30.4. The Kier molecular flexibility index (Phi) is 26.9. The van der Waals surface area contributed by atoms with Crippen molar-refractivity contribution in [3.05, 3.63) is 50.7 Å². The first-order valence-electron chi connectivity index (χ1n) is 29.6. The van der Waals surface area contributed by atoms with Crippen LogP contribution < -0.4 is 35.3 Å². The summed E-state index contributed by atoms with van der Waals surface area (Å²) in [5.74, 6) is -1.89. The molecule has 4 N–H and O–H groups in total. The van der Waals surface area contributed by atoms with E-state index in [0.29, 0.717) is 77.5 Å². The molecule has 0 spiro atoms. The number of nitriles is 2. The average Bonchev–Trinajstić information content (AvgIpc) is 1.84. The second-order valence-electron chi connectivity index (χ2n) is 24.2. The number of hydrogen-bond acceptors (Lipinski definition) is 20. The Bertz CT molecular complexity index is 2740. The maximum absolute atomic E-state index is 11.7. The van der Waals surface area contributed by atoms with Crippen molar-refractivity contribution in [2.75, 3.05) is 75.9 Å². The van der Waals surface area contributed by atoms with Gasteiger partial charge in [0.1, 0.15) is 34.6 Å². The van der Waals surface area contributed by atoms with Crippen LogP contribution in [0, 0.1) is 41.1 Å². The van der Waals surface area contributed by atoms with Gasteiger partial charge in [-0.2, -0.15) is 10.5 Å². The zero-order chi connectivity index (χ0) is 60.6. The Morgan fingerprint density at radius 1 is 0.671 bits per heavy atom. The Morgan fingerprint density at radius 2 is 1.18 bits per heavy atom. The monoisotopic (exact) mass is 1200 g/mol. The molecule has 15 atom stereocenters. The Hall–Kier alpha value is -4.55. The summed E-state index contributed by atoms with van der Waals surface area (Å²) in [5, 5.41) is 36.2. The molecular formula is C61H89BN10NaO11S. The third-order valence-corrected chi connectivity index (χ3v) is 21.4. The summed E-state index contributed by atoms with van der Waals surface area (Å²) in [5.41, 5.74) is 9.32. The van der Waals surface area contributed by atoms with Crippen LogP contribution >= 0.6 is 11.3 Å². The van der Waals surface area contributed by atoms with E-state index in [1.807, 2.05) is 33.3 Å². The van der Waals surface area contributed by atoms with Crippen LogP contribution in [0.2, 0.25) is 0 Å². The molecule has 21 nitrogen and oxygen atoms in total. The second kappa shape index (κ2) is 32.1. The van der Waals surface area contributed by atoms with Crippen LogP contribution in [-0.2, 0) is 49.4 Å². The van der Waals surface area contributed by atoms with Crippen LogP contribution in [0.5, 0.6) is 0 Å². The van der Waals surface area contributed by atoms with Gasteiger partial charge in [0.25, 0.3) is 6.54 Å². The molecular weight excluding hydrogens is 1110 g/mol. The fourth-order valence-electron chi connectivity index (χ4n) is 15.5. The first kappa shape index (κ1) is 71.2. The van der Waals surface area contributed by atoms with Crippen LogP contribution in [0.15, 0.2) is 23.3 Å². The number of piperidine rings is 3. The van der Waals surface area contributed by atoms with Crippen LogP contribution in [0.1, 0.15) is 139 Å². The number of carboxylic acid groups (broad SMARTS) is 1. The molecule has 13 rings (SSSR count). The van der Waals surface area contributed by atoms with E-state index in [1.165, 1.54) is 57.5 Å². The molecule has 9 fully saturated rings. The number of esters is 3. The number of carboxylic acids is 1. The molecule has 12 aliphatic heterocycles. The van der Waals surface area contributed by atoms with Gasteiger partial charge in [0.2, 0.25) is 0 Å². The van der Waals surface area contributed by atoms with Gasteiger partial charge < -0.3 is 36.4 Å². The standard InChI is InChI=1S/C11H13N3S.C10H17NO3.C10H15NO3.C10H15NO2.C9H13NO2.C8H13NO.C3H2N2.B.Na.H/c1-14-6-2-3-8(14)10-7(5-12)11(13)15-9(10)4-6;2*1-11-6-3-4-7(11)9(8(12)5-6)10(13)14-2;1-11-7-3-5-8(10(12)13-2)9(11)6-4-7;1-10-6-2-4-7(9(11)12)8(10)5-3-6;1-9-6-2-4-7(9)8(10)5-3-6;1-5-3-2-4;;;/h6,8H,2-4,13H2,1H3;6-9,12H,3-5H2,1-2H3;6-7,9H,3-5H2,1-2H3;5,7,9H,3-4,6H2,1-2H3;4,6,8H,2-3,5H2,1H3,(H,11,12);6-7H,2-5H2,1H3;3H2;;;/q;;;;;;;;+1;-1/t6-,8?;6-,7?,8?,9?;6-,7?,9?;7-,9?;6-,8?;6-,7?;;;;/m111001..../s1. The number of aliphatic hydroxyl groups is 1. The van der Waals surface area contributed by atoms with E-state index in [4.69, 9.17) is 37.4 Å². The number of nitrogen functional groups attached to an aromatic ring is 1. The number of anilines is 1. The molecule has 85 heavy (non-hydrogen) atoms. The number of methoxy groups -OCH3 is 3. The summed E-state index contributed by atoms with van der Waals surface area (Å²) in [6, 6.07) is 8.87.